The molecular formula is C15H15ClN2O3. The van der Waals surface area contributed by atoms with E-state index in [4.69, 9.17) is 16.7 Å². The summed E-state index contributed by atoms with van der Waals surface area (Å²) in [6.07, 6.45) is 1.03. The van der Waals surface area contributed by atoms with E-state index < -0.39 is 17.9 Å². The minimum Gasteiger partial charge on any atom is -0.480 e. The molecule has 1 aromatic heterocycles. The molecule has 0 bridgehead atoms. The lowest BCUT2D eigenvalue weighted by atomic mass is 10.1. The minimum absolute atomic E-state index is 0.196. The molecule has 0 saturated heterocycles. The first-order valence-electron chi connectivity index (χ1n) is 6.62. The number of fused-ring (bicyclic) bond motifs is 1. The molecule has 2 N–H and O–H groups in total. The number of carboxylic acid groups (broad SMARTS) is 1. The second-order valence-corrected chi connectivity index (χ2v) is 5.05. The van der Waals surface area contributed by atoms with Gasteiger partial charge in [-0.3, -0.25) is 4.79 Å². The Hall–Kier alpha value is -2.14. The average molecular weight is 307 g/mol. The van der Waals surface area contributed by atoms with Crippen molar-refractivity contribution in [2.24, 2.45) is 0 Å². The van der Waals surface area contributed by atoms with Crippen LogP contribution in [0.2, 0.25) is 5.15 Å². The Morgan fingerprint density at radius 3 is 2.76 bits per heavy atom. The number of aliphatic carboxylic acids is 1. The summed E-state index contributed by atoms with van der Waals surface area (Å²) in [5.41, 5.74) is 0.922. The lowest BCUT2D eigenvalue weighted by Crippen LogP contribution is -2.40. The normalized spacial score (nSPS) is 12.1. The molecular weight excluding hydrogens is 292 g/mol. The summed E-state index contributed by atoms with van der Waals surface area (Å²) >= 11 is 5.92. The van der Waals surface area contributed by atoms with Crippen LogP contribution in [0.1, 0.15) is 30.1 Å². The first kappa shape index (κ1) is 15.3. The van der Waals surface area contributed by atoms with Gasteiger partial charge in [-0.25, -0.2) is 9.78 Å². The van der Waals surface area contributed by atoms with E-state index in [9.17, 15) is 9.59 Å². The summed E-state index contributed by atoms with van der Waals surface area (Å²) in [6, 6.07) is 7.62. The summed E-state index contributed by atoms with van der Waals surface area (Å²) in [5, 5.41) is 12.5. The number of nitrogens with zero attached hydrogens (tertiary/aromatic N) is 1. The number of benzene rings is 1. The quantitative estimate of drug-likeness (QED) is 0.832. The predicted molar refractivity (Wildman–Crippen MR) is 80.6 cm³/mol. The number of carbonyl (C=O) groups excluding carboxylic acids is 1. The number of para-hydroxylation sites is 1. The van der Waals surface area contributed by atoms with Crippen LogP contribution in [0.4, 0.5) is 0 Å². The predicted octanol–water partition coefficient (Wildman–Crippen LogP) is 2.87. The van der Waals surface area contributed by atoms with Gasteiger partial charge < -0.3 is 10.4 Å². The number of pyridine rings is 1. The molecule has 0 aliphatic rings. The number of amides is 1. The first-order chi connectivity index (χ1) is 10.0. The van der Waals surface area contributed by atoms with E-state index in [0.29, 0.717) is 29.3 Å². The largest absolute Gasteiger partial charge is 0.480 e. The molecule has 1 aromatic carbocycles. The maximum Gasteiger partial charge on any atom is 0.326 e. The van der Waals surface area contributed by atoms with Gasteiger partial charge >= 0.3 is 5.97 Å². The molecule has 0 radical (unpaired) electrons. The van der Waals surface area contributed by atoms with E-state index in [-0.39, 0.29) is 5.15 Å². The molecule has 1 amide bonds. The Morgan fingerprint density at radius 1 is 1.38 bits per heavy atom. The fourth-order valence-electron chi connectivity index (χ4n) is 2.11. The van der Waals surface area contributed by atoms with E-state index in [1.165, 1.54) is 6.07 Å². The van der Waals surface area contributed by atoms with Gasteiger partial charge in [0.2, 0.25) is 0 Å². The Balaban J connectivity index is 2.37. The fourth-order valence-corrected chi connectivity index (χ4v) is 2.31. The van der Waals surface area contributed by atoms with Crippen LogP contribution in [0.5, 0.6) is 0 Å². The van der Waals surface area contributed by atoms with Crippen molar-refractivity contribution < 1.29 is 14.7 Å². The van der Waals surface area contributed by atoms with Gasteiger partial charge in [-0.2, -0.15) is 0 Å². The standard InChI is InChI=1S/C15H15ClN2O3/c1-2-5-12(15(20)21)18-14(19)10-8-13(16)17-11-7-4-3-6-9(10)11/h3-4,6-8,12H,2,5H2,1H3,(H,18,19)(H,20,21)/t12-/m0/s1. The number of hydrogen-bond donors (Lipinski definition) is 2. The van der Waals surface area contributed by atoms with Crippen molar-refractivity contribution in [2.45, 2.75) is 25.8 Å². The highest BCUT2D eigenvalue weighted by atomic mass is 35.5. The summed E-state index contributed by atoms with van der Waals surface area (Å²) in [7, 11) is 0. The van der Waals surface area contributed by atoms with Crippen LogP contribution < -0.4 is 5.32 Å². The molecule has 1 atom stereocenters. The molecule has 110 valence electrons. The molecule has 0 fully saturated rings. The third kappa shape index (κ3) is 3.49. The van der Waals surface area contributed by atoms with E-state index in [1.54, 1.807) is 24.3 Å². The SMILES string of the molecule is CCC[C@H](NC(=O)c1cc(Cl)nc2ccccc12)C(=O)O. The summed E-state index contributed by atoms with van der Waals surface area (Å²) in [5.74, 6) is -1.51. The van der Waals surface area contributed by atoms with Gasteiger partial charge in [-0.15, -0.1) is 0 Å². The number of carboxylic acids is 1. The molecule has 0 unspecified atom stereocenters. The molecule has 2 aromatic rings. The van der Waals surface area contributed by atoms with Crippen molar-refractivity contribution in [3.8, 4) is 0 Å². The van der Waals surface area contributed by atoms with Gasteiger partial charge in [0.25, 0.3) is 5.91 Å². The maximum absolute atomic E-state index is 12.3. The number of nitrogens with one attached hydrogen (secondary N) is 1. The van der Waals surface area contributed by atoms with Crippen molar-refractivity contribution in [1.29, 1.82) is 0 Å². The van der Waals surface area contributed by atoms with Crippen LogP contribution in [0.15, 0.2) is 30.3 Å². The Bertz CT molecular complexity index is 688. The zero-order chi connectivity index (χ0) is 15.4. The van der Waals surface area contributed by atoms with Crippen LogP contribution in [0.3, 0.4) is 0 Å². The van der Waals surface area contributed by atoms with Crippen LogP contribution in [-0.4, -0.2) is 28.0 Å². The molecule has 5 nitrogen and oxygen atoms in total. The molecule has 0 spiro atoms. The highest BCUT2D eigenvalue weighted by Gasteiger charge is 2.21. The van der Waals surface area contributed by atoms with Crippen LogP contribution in [0, 0.1) is 0 Å². The van der Waals surface area contributed by atoms with Crippen molar-refractivity contribution in [1.82, 2.24) is 10.3 Å². The van der Waals surface area contributed by atoms with E-state index in [2.05, 4.69) is 10.3 Å². The van der Waals surface area contributed by atoms with E-state index in [1.807, 2.05) is 6.92 Å². The second-order valence-electron chi connectivity index (χ2n) is 4.66. The van der Waals surface area contributed by atoms with Gasteiger partial charge in [0.05, 0.1) is 11.1 Å². The molecule has 0 saturated carbocycles. The highest BCUT2D eigenvalue weighted by molar-refractivity contribution is 6.30. The van der Waals surface area contributed by atoms with Crippen molar-refractivity contribution in [2.75, 3.05) is 0 Å². The van der Waals surface area contributed by atoms with Crippen molar-refractivity contribution in [3.63, 3.8) is 0 Å². The second kappa shape index (κ2) is 6.54. The van der Waals surface area contributed by atoms with Gasteiger partial charge in [0.1, 0.15) is 11.2 Å². The molecule has 0 aliphatic carbocycles. The number of aromatic nitrogens is 1. The van der Waals surface area contributed by atoms with Crippen LogP contribution in [0.25, 0.3) is 10.9 Å². The van der Waals surface area contributed by atoms with Gasteiger partial charge in [-0.1, -0.05) is 43.1 Å². The monoisotopic (exact) mass is 306 g/mol. The van der Waals surface area contributed by atoms with Crippen molar-refractivity contribution in [3.05, 3.63) is 41.0 Å². The number of halogens is 1. The van der Waals surface area contributed by atoms with Crippen LogP contribution in [-0.2, 0) is 4.79 Å². The number of carbonyl (C=O) groups is 2. The van der Waals surface area contributed by atoms with E-state index in [0.717, 1.165) is 0 Å². The summed E-state index contributed by atoms with van der Waals surface area (Å²) in [4.78, 5) is 27.6. The minimum atomic E-state index is -1.05. The molecule has 2 rings (SSSR count). The molecule has 6 heteroatoms. The zero-order valence-electron chi connectivity index (χ0n) is 11.5. The third-order valence-corrected chi connectivity index (χ3v) is 3.30. The third-order valence-electron chi connectivity index (χ3n) is 3.11. The lowest BCUT2D eigenvalue weighted by Gasteiger charge is -2.14. The molecule has 21 heavy (non-hydrogen) atoms. The van der Waals surface area contributed by atoms with E-state index >= 15 is 0 Å². The number of rotatable bonds is 5. The van der Waals surface area contributed by atoms with Gasteiger partial charge in [0, 0.05) is 5.39 Å². The summed E-state index contributed by atoms with van der Waals surface area (Å²) in [6.45, 7) is 1.86. The van der Waals surface area contributed by atoms with Crippen LogP contribution >= 0.6 is 11.6 Å². The smallest absolute Gasteiger partial charge is 0.326 e. The maximum atomic E-state index is 12.3. The molecule has 0 aliphatic heterocycles. The lowest BCUT2D eigenvalue weighted by molar-refractivity contribution is -0.139. The summed E-state index contributed by atoms with van der Waals surface area (Å²) < 4.78 is 0. The first-order valence-corrected chi connectivity index (χ1v) is 6.99. The Labute approximate surface area is 126 Å². The van der Waals surface area contributed by atoms with Crippen molar-refractivity contribution >= 4 is 34.4 Å². The average Bonchev–Trinajstić information content (AvgIpc) is 2.45. The van der Waals surface area contributed by atoms with Gasteiger partial charge in [0.15, 0.2) is 0 Å². The molecule has 1 heterocycles. The Morgan fingerprint density at radius 2 is 2.10 bits per heavy atom. The number of hydrogen-bond acceptors (Lipinski definition) is 3. The van der Waals surface area contributed by atoms with Gasteiger partial charge in [-0.05, 0) is 18.6 Å². The topological polar surface area (TPSA) is 79.3 Å². The Kier molecular flexibility index (Phi) is 4.75. The zero-order valence-corrected chi connectivity index (χ0v) is 12.2. The fraction of sp³-hybridized carbons (Fsp3) is 0.267. The highest BCUT2D eigenvalue weighted by Crippen LogP contribution is 2.21.